The lowest BCUT2D eigenvalue weighted by molar-refractivity contribution is -0.137. The van der Waals surface area contributed by atoms with Gasteiger partial charge in [0.05, 0.1) is 32.2 Å². The van der Waals surface area contributed by atoms with Crippen LogP contribution in [0.4, 0.5) is 18.9 Å². The fourth-order valence-corrected chi connectivity index (χ4v) is 5.37. The third-order valence-corrected chi connectivity index (χ3v) is 6.23. The number of halogens is 5. The molecule has 3 nitrogen and oxygen atoms in total. The van der Waals surface area contributed by atoms with Gasteiger partial charge in [-0.15, -0.1) is 0 Å². The first-order valence-electron chi connectivity index (χ1n) is 7.60. The van der Waals surface area contributed by atoms with Crippen LogP contribution in [-0.2, 0) is 11.0 Å². The first kappa shape index (κ1) is 21.4. The van der Waals surface area contributed by atoms with Crippen molar-refractivity contribution in [3.63, 3.8) is 0 Å². The maximum absolute atomic E-state index is 13.0. The summed E-state index contributed by atoms with van der Waals surface area (Å²) in [5.41, 5.74) is -0.0621. The Bertz CT molecular complexity index is 986. The van der Waals surface area contributed by atoms with Gasteiger partial charge in [0, 0.05) is 0 Å². The Labute approximate surface area is 185 Å². The Kier molecular flexibility index (Phi) is 6.23. The third kappa shape index (κ3) is 4.29. The summed E-state index contributed by atoms with van der Waals surface area (Å²) in [6.07, 6.45) is -2.88. The highest BCUT2D eigenvalue weighted by Gasteiger charge is 2.36. The van der Waals surface area contributed by atoms with Gasteiger partial charge < -0.3 is 4.74 Å². The summed E-state index contributed by atoms with van der Waals surface area (Å²) in [4.78, 5) is 14.2. The number of hydrogen-bond acceptors (Lipinski definition) is 4. The number of anilines is 1. The number of rotatable bonds is 3. The molecule has 1 amide bonds. The lowest BCUT2D eigenvalue weighted by Gasteiger charge is -2.16. The largest absolute Gasteiger partial charge is 0.494 e. The summed E-state index contributed by atoms with van der Waals surface area (Å²) in [5, 5.41) is 0. The minimum absolute atomic E-state index is 0.0813. The first-order chi connectivity index (χ1) is 13.1. The zero-order valence-electron chi connectivity index (χ0n) is 14.0. The van der Waals surface area contributed by atoms with E-state index in [0.29, 0.717) is 25.2 Å². The van der Waals surface area contributed by atoms with Crippen LogP contribution >= 0.6 is 55.8 Å². The monoisotopic (exact) mass is 551 g/mol. The zero-order valence-corrected chi connectivity index (χ0v) is 18.8. The topological polar surface area (TPSA) is 29.5 Å². The second kappa shape index (κ2) is 8.17. The van der Waals surface area contributed by atoms with Gasteiger partial charge in [-0.05, 0) is 73.8 Å². The van der Waals surface area contributed by atoms with Crippen LogP contribution in [0.3, 0.4) is 0 Å². The molecule has 1 saturated heterocycles. The van der Waals surface area contributed by atoms with Gasteiger partial charge in [0.15, 0.2) is 4.32 Å². The minimum atomic E-state index is -4.51. The van der Waals surface area contributed by atoms with E-state index in [-0.39, 0.29) is 10.0 Å². The number of benzene rings is 2. The van der Waals surface area contributed by atoms with Crippen LogP contribution in [0.15, 0.2) is 50.2 Å². The fraction of sp³-hybridized carbons (Fsp3) is 0.111. The van der Waals surface area contributed by atoms with E-state index in [0.717, 1.165) is 28.8 Å². The Balaban J connectivity index is 1.96. The summed E-state index contributed by atoms with van der Waals surface area (Å²) in [5.74, 6) is 0.131. The maximum atomic E-state index is 13.0. The number of alkyl halides is 3. The normalized spacial score (nSPS) is 16.2. The van der Waals surface area contributed by atoms with E-state index in [1.165, 1.54) is 19.2 Å². The Morgan fingerprint density at radius 1 is 1.18 bits per heavy atom. The van der Waals surface area contributed by atoms with E-state index >= 15 is 0 Å². The number of thiocarbonyl (C=S) groups is 1. The quantitative estimate of drug-likeness (QED) is 0.315. The molecule has 2 aromatic carbocycles. The molecular weight excluding hydrogens is 543 g/mol. The second-order valence-corrected chi connectivity index (χ2v) is 8.97. The van der Waals surface area contributed by atoms with Crippen LogP contribution in [-0.4, -0.2) is 17.3 Å². The fourth-order valence-electron chi connectivity index (χ4n) is 2.52. The first-order valence-corrected chi connectivity index (χ1v) is 10.4. The van der Waals surface area contributed by atoms with Crippen LogP contribution in [0.1, 0.15) is 11.1 Å². The van der Waals surface area contributed by atoms with E-state index in [4.69, 9.17) is 17.0 Å². The summed E-state index contributed by atoms with van der Waals surface area (Å²) in [7, 11) is 1.53. The molecule has 0 unspecified atom stereocenters. The number of methoxy groups -OCH3 is 1. The highest BCUT2D eigenvalue weighted by Crippen LogP contribution is 2.40. The minimum Gasteiger partial charge on any atom is -0.494 e. The van der Waals surface area contributed by atoms with Gasteiger partial charge in [0.2, 0.25) is 0 Å². The smallest absolute Gasteiger partial charge is 0.416 e. The molecule has 1 aliphatic rings. The summed E-state index contributed by atoms with van der Waals surface area (Å²) < 4.78 is 45.7. The van der Waals surface area contributed by atoms with E-state index < -0.39 is 17.6 Å². The molecule has 0 atom stereocenters. The molecule has 0 bridgehead atoms. The number of nitrogens with zero attached hydrogens (tertiary/aromatic N) is 1. The molecule has 0 aromatic heterocycles. The molecule has 0 saturated carbocycles. The Morgan fingerprint density at radius 3 is 2.39 bits per heavy atom. The van der Waals surface area contributed by atoms with Gasteiger partial charge >= 0.3 is 6.18 Å². The van der Waals surface area contributed by atoms with Gasteiger partial charge in [0.25, 0.3) is 5.91 Å². The highest BCUT2D eigenvalue weighted by molar-refractivity contribution is 9.11. The molecule has 10 heteroatoms. The van der Waals surface area contributed by atoms with Crippen molar-refractivity contribution >= 4 is 77.8 Å². The molecule has 146 valence electrons. The van der Waals surface area contributed by atoms with Crippen molar-refractivity contribution in [2.24, 2.45) is 0 Å². The molecule has 1 heterocycles. The molecule has 2 aromatic rings. The van der Waals surface area contributed by atoms with Crippen LogP contribution in [0.5, 0.6) is 5.75 Å². The molecular formula is C18H10Br2F3NO2S2. The zero-order chi connectivity index (χ0) is 20.6. The van der Waals surface area contributed by atoms with E-state index in [2.05, 4.69) is 31.9 Å². The third-order valence-electron chi connectivity index (χ3n) is 3.75. The van der Waals surface area contributed by atoms with Crippen molar-refractivity contribution in [1.29, 1.82) is 0 Å². The molecule has 0 radical (unpaired) electrons. The maximum Gasteiger partial charge on any atom is 0.416 e. The number of thioether (sulfide) groups is 1. The van der Waals surface area contributed by atoms with Gasteiger partial charge in [-0.3, -0.25) is 9.69 Å². The van der Waals surface area contributed by atoms with Crippen molar-refractivity contribution in [2.45, 2.75) is 6.18 Å². The molecule has 1 aliphatic heterocycles. The summed E-state index contributed by atoms with van der Waals surface area (Å²) in [6, 6.07) is 8.06. The summed E-state index contributed by atoms with van der Waals surface area (Å²) >= 11 is 13.0. The lowest BCUT2D eigenvalue weighted by atomic mass is 10.1. The van der Waals surface area contributed by atoms with Crippen LogP contribution in [0.25, 0.3) is 6.08 Å². The van der Waals surface area contributed by atoms with Gasteiger partial charge in [-0.25, -0.2) is 0 Å². The number of amides is 1. The molecule has 1 fully saturated rings. The van der Waals surface area contributed by atoms with Crippen molar-refractivity contribution in [1.82, 2.24) is 0 Å². The number of carbonyl (C=O) groups is 1. The predicted octanol–water partition coefficient (Wildman–Crippen LogP) is 6.64. The molecule has 0 spiro atoms. The van der Waals surface area contributed by atoms with Crippen molar-refractivity contribution < 1.29 is 22.7 Å². The number of carbonyl (C=O) groups excluding carboxylic acids is 1. The summed E-state index contributed by atoms with van der Waals surface area (Å²) in [6.45, 7) is 0. The van der Waals surface area contributed by atoms with E-state index in [1.807, 2.05) is 0 Å². The van der Waals surface area contributed by atoms with E-state index in [1.54, 1.807) is 18.2 Å². The van der Waals surface area contributed by atoms with Crippen LogP contribution < -0.4 is 9.64 Å². The number of hydrogen-bond donors (Lipinski definition) is 0. The van der Waals surface area contributed by atoms with Gasteiger partial charge in [-0.1, -0.05) is 30.0 Å². The SMILES string of the molecule is COc1c(Br)cc(/C=C2/SC(=S)N(c3cccc(C(F)(F)F)c3)C2=O)cc1Br. The van der Waals surface area contributed by atoms with Crippen molar-refractivity contribution in [3.05, 3.63) is 61.4 Å². The van der Waals surface area contributed by atoms with E-state index in [9.17, 15) is 18.0 Å². The second-order valence-electron chi connectivity index (χ2n) is 5.58. The highest BCUT2D eigenvalue weighted by atomic mass is 79.9. The molecule has 0 aliphatic carbocycles. The van der Waals surface area contributed by atoms with Crippen molar-refractivity contribution in [3.8, 4) is 5.75 Å². The van der Waals surface area contributed by atoms with Crippen LogP contribution in [0.2, 0.25) is 0 Å². The average molecular weight is 553 g/mol. The van der Waals surface area contributed by atoms with Crippen LogP contribution in [0, 0.1) is 0 Å². The van der Waals surface area contributed by atoms with Gasteiger partial charge in [0.1, 0.15) is 5.75 Å². The number of ether oxygens (including phenoxy) is 1. The molecule has 28 heavy (non-hydrogen) atoms. The predicted molar refractivity (Wildman–Crippen MR) is 115 cm³/mol. The Morgan fingerprint density at radius 2 is 1.82 bits per heavy atom. The Hall–Kier alpha value is -1.36. The van der Waals surface area contributed by atoms with Gasteiger partial charge in [-0.2, -0.15) is 13.2 Å². The molecule has 3 rings (SSSR count). The molecule has 0 N–H and O–H groups in total. The standard InChI is InChI=1S/C18H10Br2F3NO2S2/c1-26-15-12(19)5-9(6-13(15)20)7-14-16(25)24(17(27)28-14)11-4-2-3-10(8-11)18(21,22)23/h2-8H,1H3/b14-7+. The lowest BCUT2D eigenvalue weighted by Crippen LogP contribution is -2.27. The van der Waals surface area contributed by atoms with Crippen molar-refractivity contribution in [2.75, 3.05) is 12.0 Å². The average Bonchev–Trinajstić information content (AvgIpc) is 2.87.